The number of halogens is 3. The van der Waals surface area contributed by atoms with Gasteiger partial charge in [0.15, 0.2) is 3.79 Å². The Bertz CT molecular complexity index is 547. The molecule has 5 heteroatoms. The van der Waals surface area contributed by atoms with Gasteiger partial charge in [-0.2, -0.15) is 0 Å². The smallest absolute Gasteiger partial charge is 0.198 e. The predicted molar refractivity (Wildman–Crippen MR) is 82.4 cm³/mol. The van der Waals surface area contributed by atoms with Crippen LogP contribution in [-0.2, 0) is 0 Å². The Morgan fingerprint density at radius 1 is 1.26 bits per heavy atom. The van der Waals surface area contributed by atoms with Crippen molar-refractivity contribution in [3.63, 3.8) is 0 Å². The van der Waals surface area contributed by atoms with Crippen molar-refractivity contribution in [1.29, 1.82) is 0 Å². The first-order valence-electron chi connectivity index (χ1n) is 6.20. The normalized spacial score (nSPS) is 15.6. The van der Waals surface area contributed by atoms with E-state index in [-0.39, 0.29) is 12.0 Å². The van der Waals surface area contributed by atoms with Crippen molar-refractivity contribution < 1.29 is 4.42 Å². The van der Waals surface area contributed by atoms with Crippen LogP contribution in [0.25, 0.3) is 11.0 Å². The van der Waals surface area contributed by atoms with Crippen LogP contribution in [-0.4, -0.2) is 16.4 Å². The summed E-state index contributed by atoms with van der Waals surface area (Å²) in [5, 5.41) is 4.33. The molecule has 1 aromatic carbocycles. The molecule has 19 heavy (non-hydrogen) atoms. The highest BCUT2D eigenvalue weighted by Gasteiger charge is 2.37. The molecule has 2 nitrogen and oxygen atoms in total. The van der Waals surface area contributed by atoms with Gasteiger partial charge in [0.1, 0.15) is 5.58 Å². The first kappa shape index (κ1) is 15.0. The number of nitrogens with one attached hydrogen (secondary N) is 1. The highest BCUT2D eigenvalue weighted by molar-refractivity contribution is 6.68. The largest absolute Gasteiger partial charge is 0.464 e. The zero-order valence-electron chi connectivity index (χ0n) is 10.8. The van der Waals surface area contributed by atoms with E-state index in [1.807, 2.05) is 38.1 Å². The quantitative estimate of drug-likeness (QED) is 0.812. The van der Waals surface area contributed by atoms with Gasteiger partial charge >= 0.3 is 0 Å². The Morgan fingerprint density at radius 2 is 2.00 bits per heavy atom. The molecule has 2 unspecified atom stereocenters. The lowest BCUT2D eigenvalue weighted by atomic mass is 9.93. The van der Waals surface area contributed by atoms with Gasteiger partial charge in [0, 0.05) is 17.3 Å². The number of benzene rings is 1. The lowest BCUT2D eigenvalue weighted by molar-refractivity contribution is 0.474. The highest BCUT2D eigenvalue weighted by atomic mass is 35.6. The van der Waals surface area contributed by atoms with E-state index >= 15 is 0 Å². The molecule has 1 N–H and O–H groups in total. The van der Waals surface area contributed by atoms with E-state index in [1.54, 1.807) is 6.26 Å². The molecule has 0 saturated heterocycles. The molecule has 2 atom stereocenters. The molecule has 0 spiro atoms. The van der Waals surface area contributed by atoms with Gasteiger partial charge in [-0.1, -0.05) is 47.8 Å². The number of furan rings is 1. The SMILES string of the molecule is CCNC(C)C(c1ccc2occc2c1)C(Cl)(Cl)Cl. The van der Waals surface area contributed by atoms with Gasteiger partial charge in [-0.05, 0) is 37.2 Å². The fraction of sp³-hybridized carbons (Fsp3) is 0.429. The van der Waals surface area contributed by atoms with E-state index in [9.17, 15) is 0 Å². The van der Waals surface area contributed by atoms with Crippen LogP contribution in [0.1, 0.15) is 25.3 Å². The van der Waals surface area contributed by atoms with E-state index in [0.29, 0.717) is 0 Å². The summed E-state index contributed by atoms with van der Waals surface area (Å²) in [5.74, 6) is -0.225. The van der Waals surface area contributed by atoms with Gasteiger partial charge in [0.2, 0.25) is 0 Å². The number of hydrogen-bond donors (Lipinski definition) is 1. The van der Waals surface area contributed by atoms with Crippen LogP contribution in [0, 0.1) is 0 Å². The molecule has 104 valence electrons. The van der Waals surface area contributed by atoms with Gasteiger partial charge in [-0.25, -0.2) is 0 Å². The van der Waals surface area contributed by atoms with Gasteiger partial charge in [-0.15, -0.1) is 0 Å². The van der Waals surface area contributed by atoms with E-state index < -0.39 is 3.79 Å². The lowest BCUT2D eigenvalue weighted by Crippen LogP contribution is -2.38. The molecule has 2 aromatic rings. The maximum Gasteiger partial charge on any atom is 0.198 e. The summed E-state index contributed by atoms with van der Waals surface area (Å²) in [6, 6.07) is 7.84. The fourth-order valence-corrected chi connectivity index (χ4v) is 3.32. The Hall–Kier alpha value is -0.410. The summed E-state index contributed by atoms with van der Waals surface area (Å²) in [5.41, 5.74) is 1.82. The minimum Gasteiger partial charge on any atom is -0.464 e. The Labute approximate surface area is 128 Å². The summed E-state index contributed by atoms with van der Waals surface area (Å²) in [7, 11) is 0. The van der Waals surface area contributed by atoms with E-state index in [0.717, 1.165) is 23.1 Å². The minimum absolute atomic E-state index is 0.0573. The summed E-state index contributed by atoms with van der Waals surface area (Å²) < 4.78 is 3.97. The van der Waals surface area contributed by atoms with Crippen molar-refractivity contribution in [3.05, 3.63) is 36.1 Å². The van der Waals surface area contributed by atoms with Gasteiger partial charge in [0.25, 0.3) is 0 Å². The third kappa shape index (κ3) is 3.38. The minimum atomic E-state index is -1.36. The fourth-order valence-electron chi connectivity index (χ4n) is 2.38. The van der Waals surface area contributed by atoms with Crippen LogP contribution in [0.5, 0.6) is 0 Å². The van der Waals surface area contributed by atoms with Crippen LogP contribution in [0.3, 0.4) is 0 Å². The molecular formula is C14H16Cl3NO. The first-order valence-corrected chi connectivity index (χ1v) is 7.34. The Balaban J connectivity index is 2.41. The molecule has 0 bridgehead atoms. The van der Waals surface area contributed by atoms with Gasteiger partial charge < -0.3 is 9.73 Å². The van der Waals surface area contributed by atoms with Gasteiger partial charge in [0.05, 0.1) is 6.26 Å². The zero-order valence-corrected chi connectivity index (χ0v) is 13.1. The Morgan fingerprint density at radius 3 is 2.63 bits per heavy atom. The predicted octanol–water partition coefficient (Wildman–Crippen LogP) is 4.88. The van der Waals surface area contributed by atoms with Crippen LogP contribution < -0.4 is 5.32 Å². The number of hydrogen-bond acceptors (Lipinski definition) is 2. The summed E-state index contributed by atoms with van der Waals surface area (Å²) >= 11 is 18.5. The molecule has 0 aliphatic heterocycles. The van der Waals surface area contributed by atoms with Crippen molar-refractivity contribution in [2.75, 3.05) is 6.54 Å². The highest BCUT2D eigenvalue weighted by Crippen LogP contribution is 2.44. The van der Waals surface area contributed by atoms with E-state index in [1.165, 1.54) is 0 Å². The number of fused-ring (bicyclic) bond motifs is 1. The Kier molecular flexibility index (Phi) is 4.67. The third-order valence-corrected chi connectivity index (χ3v) is 3.92. The molecule has 0 radical (unpaired) electrons. The molecule has 1 heterocycles. The molecular weight excluding hydrogens is 305 g/mol. The summed E-state index contributed by atoms with van der Waals surface area (Å²) in [4.78, 5) is 0. The average Bonchev–Trinajstić information content (AvgIpc) is 2.74. The number of rotatable bonds is 4. The van der Waals surface area contributed by atoms with Crippen molar-refractivity contribution in [3.8, 4) is 0 Å². The monoisotopic (exact) mass is 319 g/mol. The molecule has 0 amide bonds. The van der Waals surface area contributed by atoms with Crippen molar-refractivity contribution in [2.24, 2.45) is 0 Å². The topological polar surface area (TPSA) is 25.2 Å². The second-order valence-electron chi connectivity index (χ2n) is 4.58. The van der Waals surface area contributed by atoms with Crippen LogP contribution in [0.2, 0.25) is 0 Å². The van der Waals surface area contributed by atoms with Crippen LogP contribution in [0.15, 0.2) is 34.9 Å². The zero-order chi connectivity index (χ0) is 14.0. The second kappa shape index (κ2) is 5.92. The van der Waals surface area contributed by atoms with Crippen molar-refractivity contribution >= 4 is 45.8 Å². The van der Waals surface area contributed by atoms with Crippen LogP contribution >= 0.6 is 34.8 Å². The lowest BCUT2D eigenvalue weighted by Gasteiger charge is -2.31. The molecule has 1 aromatic heterocycles. The second-order valence-corrected chi connectivity index (χ2v) is 6.95. The average molecular weight is 321 g/mol. The van der Waals surface area contributed by atoms with E-state index in [2.05, 4.69) is 5.32 Å². The standard InChI is InChI=1S/C14H16Cl3NO/c1-3-18-9(2)13(14(15,16)17)11-4-5-12-10(8-11)6-7-19-12/h4-9,13,18H,3H2,1-2H3. The molecule has 0 fully saturated rings. The molecule has 2 rings (SSSR count). The maximum absolute atomic E-state index is 6.16. The molecule has 0 aliphatic carbocycles. The number of alkyl halides is 3. The first-order chi connectivity index (χ1) is 8.93. The summed E-state index contributed by atoms with van der Waals surface area (Å²) in [6.45, 7) is 4.88. The van der Waals surface area contributed by atoms with Gasteiger partial charge in [-0.3, -0.25) is 0 Å². The van der Waals surface area contributed by atoms with Crippen molar-refractivity contribution in [1.82, 2.24) is 5.32 Å². The third-order valence-electron chi connectivity index (χ3n) is 3.21. The van der Waals surface area contributed by atoms with Crippen molar-refractivity contribution in [2.45, 2.75) is 29.6 Å². The maximum atomic E-state index is 6.16. The van der Waals surface area contributed by atoms with Crippen LogP contribution in [0.4, 0.5) is 0 Å². The molecule has 0 aliphatic rings. The molecule has 0 saturated carbocycles. The summed E-state index contributed by atoms with van der Waals surface area (Å²) in [6.07, 6.45) is 1.66. The van der Waals surface area contributed by atoms with E-state index in [4.69, 9.17) is 39.2 Å². The number of likely N-dealkylation sites (N-methyl/N-ethyl adjacent to an activating group) is 1.